The van der Waals surface area contributed by atoms with E-state index in [1.807, 2.05) is 0 Å². The molecule has 4 N–H and O–H groups in total. The van der Waals surface area contributed by atoms with Crippen molar-refractivity contribution < 1.29 is 76.2 Å². The molecule has 0 bridgehead atoms. The fourth-order valence-electron chi connectivity index (χ4n) is 0. The Labute approximate surface area is 100 Å². The Morgan fingerprint density at radius 1 is 0.571 bits per heavy atom. The van der Waals surface area contributed by atoms with Crippen LogP contribution in [-0.2, 0) is 55.7 Å². The summed E-state index contributed by atoms with van der Waals surface area (Å²) < 4.78 is 0. The van der Waals surface area contributed by atoms with Gasteiger partial charge in [-0.05, 0) is 0 Å². The van der Waals surface area contributed by atoms with Crippen LogP contribution in [0.4, 0.5) is 0 Å². The van der Waals surface area contributed by atoms with Crippen LogP contribution in [0.3, 0.4) is 0 Å². The molecule has 10 heteroatoms. The number of hydrogen-bond acceptors (Lipinski definition) is 4. The third kappa shape index (κ3) is 22.5. The number of aliphatic carboxylic acids is 4. The molecule has 8 nitrogen and oxygen atoms in total. The van der Waals surface area contributed by atoms with Crippen LogP contribution in [0, 0.1) is 0 Å². The van der Waals surface area contributed by atoms with E-state index in [4.69, 9.17) is 39.6 Å². The quantitative estimate of drug-likeness (QED) is 0.306. The predicted octanol–water partition coefficient (Wildman–Crippen LogP) is -1.69. The summed E-state index contributed by atoms with van der Waals surface area (Å²) in [5.74, 6) is -7.30. The molecular formula is C4H4CuO8Zn. The molecule has 0 aromatic carbocycles. The Hall–Kier alpha value is -0.977. The van der Waals surface area contributed by atoms with Crippen LogP contribution in [-0.4, -0.2) is 44.3 Å². The average molecular weight is 309 g/mol. The minimum atomic E-state index is -1.82. The molecule has 0 aliphatic rings. The van der Waals surface area contributed by atoms with Gasteiger partial charge in [0.15, 0.2) is 0 Å². The molecule has 0 saturated carbocycles. The van der Waals surface area contributed by atoms with E-state index in [0.29, 0.717) is 0 Å². The van der Waals surface area contributed by atoms with E-state index in [0.717, 1.165) is 0 Å². The number of carboxylic acid groups (broad SMARTS) is 4. The fourth-order valence-corrected chi connectivity index (χ4v) is 0. The molecule has 14 heavy (non-hydrogen) atoms. The first-order chi connectivity index (χ1) is 5.29. The predicted molar refractivity (Wildman–Crippen MR) is 30.5 cm³/mol. The summed E-state index contributed by atoms with van der Waals surface area (Å²) in [4.78, 5) is 36.4. The summed E-state index contributed by atoms with van der Waals surface area (Å²) in [6, 6.07) is 0. The first-order valence-electron chi connectivity index (χ1n) is 2.21. The molecule has 0 saturated heterocycles. The van der Waals surface area contributed by atoms with Crippen LogP contribution in [0.2, 0.25) is 0 Å². The van der Waals surface area contributed by atoms with Crippen molar-refractivity contribution in [1.29, 1.82) is 0 Å². The number of carbonyl (C=O) groups is 4. The molecule has 0 aromatic heterocycles. The topological polar surface area (TPSA) is 149 Å². The van der Waals surface area contributed by atoms with Crippen molar-refractivity contribution in [3.63, 3.8) is 0 Å². The van der Waals surface area contributed by atoms with Crippen molar-refractivity contribution in [2.45, 2.75) is 0 Å². The van der Waals surface area contributed by atoms with Gasteiger partial charge >= 0.3 is 23.9 Å². The van der Waals surface area contributed by atoms with Gasteiger partial charge in [0.25, 0.3) is 0 Å². The Kier molecular flexibility index (Phi) is 19.9. The van der Waals surface area contributed by atoms with Gasteiger partial charge in [-0.2, -0.15) is 0 Å². The smallest absolute Gasteiger partial charge is 0.414 e. The largest absolute Gasteiger partial charge is 0.473 e. The van der Waals surface area contributed by atoms with Crippen LogP contribution in [0.1, 0.15) is 0 Å². The SMILES string of the molecule is O=C(O)C(=O)O.O=C(O)C(=O)O.[Cu].[Zn]. The van der Waals surface area contributed by atoms with Crippen LogP contribution in [0.15, 0.2) is 0 Å². The van der Waals surface area contributed by atoms with Gasteiger partial charge in [0.05, 0.1) is 0 Å². The van der Waals surface area contributed by atoms with Crippen LogP contribution < -0.4 is 0 Å². The van der Waals surface area contributed by atoms with Gasteiger partial charge < -0.3 is 20.4 Å². The summed E-state index contributed by atoms with van der Waals surface area (Å²) in [5.41, 5.74) is 0. The number of hydrogen-bond donors (Lipinski definition) is 4. The van der Waals surface area contributed by atoms with Gasteiger partial charge in [0, 0.05) is 36.5 Å². The van der Waals surface area contributed by atoms with E-state index >= 15 is 0 Å². The van der Waals surface area contributed by atoms with Crippen molar-refractivity contribution in [3.05, 3.63) is 0 Å². The molecule has 0 aromatic rings. The zero-order valence-electron chi connectivity index (χ0n) is 6.43. The molecule has 0 rings (SSSR count). The Morgan fingerprint density at radius 2 is 0.643 bits per heavy atom. The number of rotatable bonds is 0. The van der Waals surface area contributed by atoms with Crippen LogP contribution >= 0.6 is 0 Å². The second-order valence-corrected chi connectivity index (χ2v) is 1.22. The maximum Gasteiger partial charge on any atom is 0.414 e. The van der Waals surface area contributed by atoms with E-state index in [1.165, 1.54) is 0 Å². The summed E-state index contributed by atoms with van der Waals surface area (Å²) >= 11 is 0. The molecule has 0 amide bonds. The van der Waals surface area contributed by atoms with E-state index in [9.17, 15) is 0 Å². The monoisotopic (exact) mass is 307 g/mol. The van der Waals surface area contributed by atoms with Gasteiger partial charge in [0.2, 0.25) is 0 Å². The standard InChI is InChI=1S/2C2H2O4.Cu.Zn/c2*3-1(4)2(5)6;;/h2*(H,3,4)(H,5,6);;. The second-order valence-electron chi connectivity index (χ2n) is 1.22. The minimum absolute atomic E-state index is 0. The van der Waals surface area contributed by atoms with Gasteiger partial charge in [0.1, 0.15) is 0 Å². The molecule has 0 heterocycles. The third-order valence-electron chi connectivity index (χ3n) is 0.366. The maximum absolute atomic E-state index is 9.10. The maximum atomic E-state index is 9.10. The first-order valence-corrected chi connectivity index (χ1v) is 2.21. The summed E-state index contributed by atoms with van der Waals surface area (Å²) in [6.45, 7) is 0. The van der Waals surface area contributed by atoms with Gasteiger partial charge in [-0.15, -0.1) is 0 Å². The molecule has 0 atom stereocenters. The van der Waals surface area contributed by atoms with Gasteiger partial charge in [-0.3, -0.25) is 0 Å². The molecule has 1 radical (unpaired) electrons. The first kappa shape index (κ1) is 23.1. The Bertz CT molecular complexity index is 177. The normalized spacial score (nSPS) is 6.29. The van der Waals surface area contributed by atoms with E-state index in [1.54, 1.807) is 0 Å². The van der Waals surface area contributed by atoms with Crippen molar-refractivity contribution >= 4 is 23.9 Å². The van der Waals surface area contributed by atoms with Crippen LogP contribution in [0.25, 0.3) is 0 Å². The zero-order valence-corrected chi connectivity index (χ0v) is 10.3. The summed E-state index contributed by atoms with van der Waals surface area (Å²) in [6.07, 6.45) is 0. The van der Waals surface area contributed by atoms with E-state index < -0.39 is 23.9 Å². The zero-order chi connectivity index (χ0) is 10.3. The Balaban J connectivity index is -0.0000000625. The van der Waals surface area contributed by atoms with Crippen molar-refractivity contribution in [2.24, 2.45) is 0 Å². The Morgan fingerprint density at radius 3 is 0.643 bits per heavy atom. The van der Waals surface area contributed by atoms with Crippen molar-refractivity contribution in [2.75, 3.05) is 0 Å². The third-order valence-corrected chi connectivity index (χ3v) is 0.366. The van der Waals surface area contributed by atoms with Gasteiger partial charge in [-0.1, -0.05) is 0 Å². The second kappa shape index (κ2) is 12.0. The van der Waals surface area contributed by atoms with Crippen molar-refractivity contribution in [3.8, 4) is 0 Å². The average Bonchev–Trinajstić information content (AvgIpc) is 1.88. The van der Waals surface area contributed by atoms with E-state index in [2.05, 4.69) is 0 Å². The van der Waals surface area contributed by atoms with E-state index in [-0.39, 0.29) is 36.5 Å². The minimum Gasteiger partial charge on any atom is -0.473 e. The molecule has 0 unspecified atom stereocenters. The molecular weight excluding hydrogens is 305 g/mol. The summed E-state index contributed by atoms with van der Waals surface area (Å²) in [5, 5.41) is 29.6. The molecule has 0 aliphatic heterocycles. The number of carboxylic acids is 4. The molecule has 0 fully saturated rings. The molecule has 81 valence electrons. The molecule has 0 spiro atoms. The fraction of sp³-hybridized carbons (Fsp3) is 0. The summed E-state index contributed by atoms with van der Waals surface area (Å²) in [7, 11) is 0. The van der Waals surface area contributed by atoms with Gasteiger partial charge in [-0.25, -0.2) is 19.2 Å². The van der Waals surface area contributed by atoms with Crippen LogP contribution in [0.5, 0.6) is 0 Å². The van der Waals surface area contributed by atoms with Crippen molar-refractivity contribution in [1.82, 2.24) is 0 Å². The molecule has 0 aliphatic carbocycles.